The van der Waals surface area contributed by atoms with Gasteiger partial charge < -0.3 is 15.5 Å². The fraction of sp³-hybridized carbons (Fsp3) is 0.417. The molecule has 1 aromatic rings. The van der Waals surface area contributed by atoms with Crippen molar-refractivity contribution in [2.75, 3.05) is 0 Å². The number of rotatable bonds is 5. The molecule has 1 aliphatic rings. The molecule has 1 fully saturated rings. The highest BCUT2D eigenvalue weighted by atomic mass is 16.4. The van der Waals surface area contributed by atoms with Crippen molar-refractivity contribution in [1.82, 2.24) is 5.32 Å². The van der Waals surface area contributed by atoms with Crippen LogP contribution in [0.15, 0.2) is 24.3 Å². The number of nitrogens with one attached hydrogen (secondary N) is 1. The smallest absolute Gasteiger partial charge is 0.320 e. The van der Waals surface area contributed by atoms with Gasteiger partial charge in [0.15, 0.2) is 0 Å². The molecule has 16 heavy (non-hydrogen) atoms. The Hall–Kier alpha value is -1.55. The first-order valence-electron chi connectivity index (χ1n) is 5.41. The third kappa shape index (κ3) is 2.73. The average molecular weight is 221 g/mol. The molecule has 0 aromatic heterocycles. The highest BCUT2D eigenvalue weighted by molar-refractivity contribution is 5.74. The van der Waals surface area contributed by atoms with E-state index in [9.17, 15) is 9.90 Å². The number of carboxylic acids is 1. The van der Waals surface area contributed by atoms with Crippen LogP contribution in [0.2, 0.25) is 0 Å². The zero-order valence-electron chi connectivity index (χ0n) is 8.89. The first-order chi connectivity index (χ1) is 7.66. The van der Waals surface area contributed by atoms with Crippen molar-refractivity contribution in [3.05, 3.63) is 29.8 Å². The van der Waals surface area contributed by atoms with Crippen LogP contribution in [0.4, 0.5) is 0 Å². The molecule has 1 aromatic carbocycles. The van der Waals surface area contributed by atoms with Crippen LogP contribution in [0, 0.1) is 5.92 Å². The van der Waals surface area contributed by atoms with Gasteiger partial charge in [-0.3, -0.25) is 4.79 Å². The normalized spacial score (nSPS) is 17.0. The van der Waals surface area contributed by atoms with Gasteiger partial charge >= 0.3 is 5.97 Å². The largest absolute Gasteiger partial charge is 0.508 e. The number of aromatic hydroxyl groups is 1. The van der Waals surface area contributed by atoms with Crippen LogP contribution in [-0.4, -0.2) is 22.2 Å². The second-order valence-corrected chi connectivity index (χ2v) is 4.20. The summed E-state index contributed by atoms with van der Waals surface area (Å²) in [7, 11) is 0. The number of benzene rings is 1. The van der Waals surface area contributed by atoms with E-state index in [1.165, 1.54) is 0 Å². The monoisotopic (exact) mass is 221 g/mol. The number of hydrogen-bond acceptors (Lipinski definition) is 3. The topological polar surface area (TPSA) is 69.6 Å². The van der Waals surface area contributed by atoms with E-state index < -0.39 is 12.0 Å². The van der Waals surface area contributed by atoms with Crippen molar-refractivity contribution in [2.45, 2.75) is 25.4 Å². The highest BCUT2D eigenvalue weighted by Crippen LogP contribution is 2.32. The lowest BCUT2D eigenvalue weighted by Gasteiger charge is -2.13. The van der Waals surface area contributed by atoms with Crippen LogP contribution in [-0.2, 0) is 11.3 Å². The summed E-state index contributed by atoms with van der Waals surface area (Å²) in [6.45, 7) is 0.474. The zero-order valence-corrected chi connectivity index (χ0v) is 8.89. The third-order valence-electron chi connectivity index (χ3n) is 2.80. The summed E-state index contributed by atoms with van der Waals surface area (Å²) >= 11 is 0. The fourth-order valence-electron chi connectivity index (χ4n) is 1.78. The van der Waals surface area contributed by atoms with Crippen molar-refractivity contribution >= 4 is 5.97 Å². The molecule has 4 nitrogen and oxygen atoms in total. The van der Waals surface area contributed by atoms with Gasteiger partial charge in [-0.25, -0.2) is 0 Å². The van der Waals surface area contributed by atoms with Gasteiger partial charge in [-0.15, -0.1) is 0 Å². The summed E-state index contributed by atoms with van der Waals surface area (Å²) in [6, 6.07) is 6.39. The molecule has 4 heteroatoms. The number of phenols is 1. The van der Waals surface area contributed by atoms with Gasteiger partial charge in [-0.1, -0.05) is 12.1 Å². The summed E-state index contributed by atoms with van der Waals surface area (Å²) in [5.41, 5.74) is 0.895. The number of phenolic OH excluding ortho intramolecular Hbond substituents is 1. The van der Waals surface area contributed by atoms with E-state index >= 15 is 0 Å². The number of hydrogen-bond donors (Lipinski definition) is 3. The lowest BCUT2D eigenvalue weighted by Crippen LogP contribution is -2.37. The SMILES string of the molecule is O=C(O)C(NCc1cccc(O)c1)C1CC1. The Morgan fingerprint density at radius 2 is 2.25 bits per heavy atom. The minimum atomic E-state index is -0.789. The van der Waals surface area contributed by atoms with Crippen molar-refractivity contribution < 1.29 is 15.0 Å². The maximum Gasteiger partial charge on any atom is 0.320 e. The van der Waals surface area contributed by atoms with Crippen molar-refractivity contribution in [3.63, 3.8) is 0 Å². The van der Waals surface area contributed by atoms with Gasteiger partial charge in [0.2, 0.25) is 0 Å². The van der Waals surface area contributed by atoms with E-state index in [2.05, 4.69) is 5.32 Å². The Balaban J connectivity index is 1.92. The molecule has 0 saturated heterocycles. The Morgan fingerprint density at radius 3 is 2.81 bits per heavy atom. The van der Waals surface area contributed by atoms with Crippen LogP contribution >= 0.6 is 0 Å². The van der Waals surface area contributed by atoms with E-state index in [-0.39, 0.29) is 11.7 Å². The molecule has 86 valence electrons. The van der Waals surface area contributed by atoms with E-state index in [1.807, 2.05) is 6.07 Å². The van der Waals surface area contributed by atoms with E-state index in [0.717, 1.165) is 18.4 Å². The molecule has 0 amide bonds. The van der Waals surface area contributed by atoms with Crippen molar-refractivity contribution in [1.29, 1.82) is 0 Å². The summed E-state index contributed by atoms with van der Waals surface area (Å²) < 4.78 is 0. The highest BCUT2D eigenvalue weighted by Gasteiger charge is 2.35. The second kappa shape index (κ2) is 4.53. The van der Waals surface area contributed by atoms with Crippen LogP contribution in [0.1, 0.15) is 18.4 Å². The van der Waals surface area contributed by atoms with Crippen LogP contribution in [0.5, 0.6) is 5.75 Å². The molecule has 0 radical (unpaired) electrons. The Morgan fingerprint density at radius 1 is 1.50 bits per heavy atom. The molecule has 0 spiro atoms. The maximum atomic E-state index is 11.0. The standard InChI is InChI=1S/C12H15NO3/c14-10-3-1-2-8(6-10)7-13-11(12(15)16)9-4-5-9/h1-3,6,9,11,13-14H,4-5,7H2,(H,15,16). The molecule has 2 rings (SSSR count). The molecular weight excluding hydrogens is 206 g/mol. The van der Waals surface area contributed by atoms with Crippen LogP contribution < -0.4 is 5.32 Å². The van der Waals surface area contributed by atoms with Gasteiger partial charge in [0.1, 0.15) is 11.8 Å². The minimum Gasteiger partial charge on any atom is -0.508 e. The van der Waals surface area contributed by atoms with E-state index in [4.69, 9.17) is 5.11 Å². The third-order valence-corrected chi connectivity index (χ3v) is 2.80. The summed E-state index contributed by atoms with van der Waals surface area (Å²) in [6.07, 6.45) is 1.98. The van der Waals surface area contributed by atoms with Crippen LogP contribution in [0.3, 0.4) is 0 Å². The first-order valence-corrected chi connectivity index (χ1v) is 5.41. The quantitative estimate of drug-likeness (QED) is 0.702. The van der Waals surface area contributed by atoms with E-state index in [1.54, 1.807) is 18.2 Å². The van der Waals surface area contributed by atoms with Gasteiger partial charge in [0.05, 0.1) is 0 Å². The molecule has 0 heterocycles. The summed E-state index contributed by atoms with van der Waals surface area (Å²) in [5, 5.41) is 21.3. The average Bonchev–Trinajstić information content (AvgIpc) is 3.02. The fourth-order valence-corrected chi connectivity index (χ4v) is 1.78. The second-order valence-electron chi connectivity index (χ2n) is 4.20. The molecule has 1 aliphatic carbocycles. The molecule has 1 saturated carbocycles. The molecule has 1 atom stereocenters. The molecular formula is C12H15NO3. The van der Waals surface area contributed by atoms with Crippen LogP contribution in [0.25, 0.3) is 0 Å². The van der Waals surface area contributed by atoms with Gasteiger partial charge in [0, 0.05) is 6.54 Å². The molecule has 0 aliphatic heterocycles. The number of aliphatic carboxylic acids is 1. The zero-order chi connectivity index (χ0) is 11.5. The first kappa shape index (κ1) is 11.0. The predicted octanol–water partition coefficient (Wildman–Crippen LogP) is 1.34. The molecule has 3 N–H and O–H groups in total. The van der Waals surface area contributed by atoms with Crippen molar-refractivity contribution in [3.8, 4) is 5.75 Å². The summed E-state index contributed by atoms with van der Waals surface area (Å²) in [4.78, 5) is 11.0. The Kier molecular flexibility index (Phi) is 3.10. The minimum absolute atomic E-state index is 0.206. The summed E-state index contributed by atoms with van der Waals surface area (Å²) in [5.74, 6) is -0.310. The van der Waals surface area contributed by atoms with Crippen molar-refractivity contribution in [2.24, 2.45) is 5.92 Å². The lowest BCUT2D eigenvalue weighted by molar-refractivity contribution is -0.140. The van der Waals surface area contributed by atoms with E-state index in [0.29, 0.717) is 6.54 Å². The lowest BCUT2D eigenvalue weighted by atomic mass is 10.1. The van der Waals surface area contributed by atoms with Gasteiger partial charge in [0.25, 0.3) is 0 Å². The maximum absolute atomic E-state index is 11.0. The Labute approximate surface area is 93.9 Å². The molecule has 0 bridgehead atoms. The predicted molar refractivity (Wildman–Crippen MR) is 59.1 cm³/mol. The number of carboxylic acid groups (broad SMARTS) is 1. The Bertz CT molecular complexity index is 388. The number of carbonyl (C=O) groups is 1. The molecule has 1 unspecified atom stereocenters. The van der Waals surface area contributed by atoms with Gasteiger partial charge in [-0.2, -0.15) is 0 Å². The van der Waals surface area contributed by atoms with Gasteiger partial charge in [-0.05, 0) is 36.5 Å².